The minimum atomic E-state index is -3.26. The topological polar surface area (TPSA) is 64.0 Å². The van der Waals surface area contributed by atoms with Crippen LogP contribution in [0.5, 0.6) is 0 Å². The number of rotatable bonds is 5. The number of aromatic nitrogens is 2. The van der Waals surface area contributed by atoms with Crippen molar-refractivity contribution in [2.24, 2.45) is 0 Å². The molecule has 2 aromatic carbocycles. The molecule has 0 saturated carbocycles. The molecule has 0 saturated heterocycles. The van der Waals surface area contributed by atoms with Gasteiger partial charge in [-0.25, -0.2) is 18.1 Å². The molecule has 1 N–H and O–H groups in total. The fourth-order valence-electron chi connectivity index (χ4n) is 2.51. The Hall–Kier alpha value is -2.18. The lowest BCUT2D eigenvalue weighted by atomic mass is 10.1. The van der Waals surface area contributed by atoms with E-state index in [0.717, 1.165) is 22.9 Å². The smallest absolute Gasteiger partial charge is 0.209 e. The molecule has 0 unspecified atom stereocenters. The summed E-state index contributed by atoms with van der Waals surface area (Å²) in [6.07, 6.45) is 1.15. The van der Waals surface area contributed by atoms with Gasteiger partial charge in [0, 0.05) is 6.54 Å². The van der Waals surface area contributed by atoms with E-state index in [1.807, 2.05) is 24.3 Å². The predicted octanol–water partition coefficient (Wildman–Crippen LogP) is 2.44. The van der Waals surface area contributed by atoms with Gasteiger partial charge in [0.2, 0.25) is 10.0 Å². The summed E-state index contributed by atoms with van der Waals surface area (Å²) in [5, 5.41) is 0. The largest absolute Gasteiger partial charge is 0.322 e. The molecule has 1 aromatic heterocycles. The van der Waals surface area contributed by atoms with Gasteiger partial charge in [-0.1, -0.05) is 42.0 Å². The lowest BCUT2D eigenvalue weighted by molar-refractivity contribution is 0.583. The third-order valence-corrected chi connectivity index (χ3v) is 4.36. The number of nitrogens with zero attached hydrogens (tertiary/aromatic N) is 2. The van der Waals surface area contributed by atoms with Crippen LogP contribution in [0.15, 0.2) is 48.5 Å². The van der Waals surface area contributed by atoms with Crippen LogP contribution in [0.2, 0.25) is 0 Å². The molecule has 0 aliphatic heterocycles. The van der Waals surface area contributed by atoms with E-state index in [4.69, 9.17) is 0 Å². The van der Waals surface area contributed by atoms with Crippen LogP contribution in [0.4, 0.5) is 0 Å². The number of imidazole rings is 1. The van der Waals surface area contributed by atoms with E-state index in [9.17, 15) is 8.42 Å². The molecule has 0 spiro atoms. The van der Waals surface area contributed by atoms with Gasteiger partial charge in [0.1, 0.15) is 5.82 Å². The first kappa shape index (κ1) is 15.7. The SMILES string of the molecule is Cc1ccc(Cn2c(CNS(C)(=O)=O)nc3ccccc32)cc1. The monoisotopic (exact) mass is 329 g/mol. The quantitative estimate of drug-likeness (QED) is 0.782. The molecule has 120 valence electrons. The van der Waals surface area contributed by atoms with Gasteiger partial charge >= 0.3 is 0 Å². The van der Waals surface area contributed by atoms with E-state index in [2.05, 4.69) is 45.5 Å². The molecule has 0 fully saturated rings. The van der Waals surface area contributed by atoms with E-state index < -0.39 is 10.0 Å². The van der Waals surface area contributed by atoms with E-state index in [1.165, 1.54) is 5.56 Å². The first-order chi connectivity index (χ1) is 10.9. The van der Waals surface area contributed by atoms with Crippen molar-refractivity contribution in [3.05, 3.63) is 65.5 Å². The van der Waals surface area contributed by atoms with Gasteiger partial charge in [0.15, 0.2) is 0 Å². The summed E-state index contributed by atoms with van der Waals surface area (Å²) in [5.74, 6) is 0.706. The van der Waals surface area contributed by atoms with E-state index in [1.54, 1.807) is 0 Å². The van der Waals surface area contributed by atoms with Crippen LogP contribution >= 0.6 is 0 Å². The summed E-state index contributed by atoms with van der Waals surface area (Å²) in [4.78, 5) is 4.57. The molecule has 3 aromatic rings. The maximum atomic E-state index is 11.4. The summed E-state index contributed by atoms with van der Waals surface area (Å²) in [7, 11) is -3.26. The fourth-order valence-corrected chi connectivity index (χ4v) is 2.90. The second-order valence-corrected chi connectivity index (χ2v) is 7.51. The van der Waals surface area contributed by atoms with Crippen molar-refractivity contribution in [1.82, 2.24) is 14.3 Å². The van der Waals surface area contributed by atoms with Crippen LogP contribution in [0.1, 0.15) is 17.0 Å². The number of benzene rings is 2. The van der Waals surface area contributed by atoms with Crippen molar-refractivity contribution in [3.63, 3.8) is 0 Å². The normalized spacial score (nSPS) is 11.9. The van der Waals surface area contributed by atoms with Crippen molar-refractivity contribution >= 4 is 21.1 Å². The van der Waals surface area contributed by atoms with Gasteiger partial charge in [-0.2, -0.15) is 0 Å². The lowest BCUT2D eigenvalue weighted by Crippen LogP contribution is -2.23. The Balaban J connectivity index is 2.00. The predicted molar refractivity (Wildman–Crippen MR) is 91.7 cm³/mol. The van der Waals surface area contributed by atoms with E-state index >= 15 is 0 Å². The van der Waals surface area contributed by atoms with Crippen LogP contribution in [0.3, 0.4) is 0 Å². The number of hydrogen-bond donors (Lipinski definition) is 1. The molecule has 5 nitrogen and oxygen atoms in total. The summed E-state index contributed by atoms with van der Waals surface area (Å²) < 4.78 is 27.3. The Morgan fingerprint density at radius 1 is 1.09 bits per heavy atom. The molecule has 1 heterocycles. The van der Waals surface area contributed by atoms with Gasteiger partial charge in [-0.3, -0.25) is 0 Å². The van der Waals surface area contributed by atoms with Crippen molar-refractivity contribution in [2.45, 2.75) is 20.0 Å². The second kappa shape index (κ2) is 6.14. The molecule has 0 atom stereocenters. The highest BCUT2D eigenvalue weighted by molar-refractivity contribution is 7.88. The Kier molecular flexibility index (Phi) is 4.19. The summed E-state index contributed by atoms with van der Waals surface area (Å²) in [6.45, 7) is 2.89. The van der Waals surface area contributed by atoms with E-state index in [-0.39, 0.29) is 6.54 Å². The fraction of sp³-hybridized carbons (Fsp3) is 0.235. The highest BCUT2D eigenvalue weighted by atomic mass is 32.2. The molecular formula is C17H19N3O2S. The number of aryl methyl sites for hydroxylation is 1. The van der Waals surface area contributed by atoms with Crippen LogP contribution < -0.4 is 4.72 Å². The molecule has 0 amide bonds. The number of sulfonamides is 1. The summed E-state index contributed by atoms with van der Waals surface area (Å²) >= 11 is 0. The van der Waals surface area contributed by atoms with Gasteiger partial charge in [0.25, 0.3) is 0 Å². The molecule has 0 aliphatic carbocycles. The number of fused-ring (bicyclic) bond motifs is 1. The standard InChI is InChI=1S/C17H19N3O2S/c1-13-7-9-14(10-8-13)12-20-16-6-4-3-5-15(16)19-17(20)11-18-23(2,21)22/h3-10,18H,11-12H2,1-2H3. The molecule has 23 heavy (non-hydrogen) atoms. The molecule has 0 radical (unpaired) electrons. The molecule has 0 bridgehead atoms. The van der Waals surface area contributed by atoms with Crippen molar-refractivity contribution in [3.8, 4) is 0 Å². The third-order valence-electron chi connectivity index (χ3n) is 3.69. The number of hydrogen-bond acceptors (Lipinski definition) is 3. The van der Waals surface area contributed by atoms with Crippen LogP contribution in [0.25, 0.3) is 11.0 Å². The van der Waals surface area contributed by atoms with Crippen molar-refractivity contribution in [2.75, 3.05) is 6.26 Å². The molecule has 0 aliphatic rings. The number of para-hydroxylation sites is 2. The minimum absolute atomic E-state index is 0.180. The van der Waals surface area contributed by atoms with E-state index in [0.29, 0.717) is 12.4 Å². The highest BCUT2D eigenvalue weighted by Gasteiger charge is 2.12. The first-order valence-electron chi connectivity index (χ1n) is 7.37. The Labute approximate surface area is 136 Å². The molecule has 6 heteroatoms. The Bertz CT molecular complexity index is 928. The zero-order valence-corrected chi connectivity index (χ0v) is 14.0. The van der Waals surface area contributed by atoms with Crippen LogP contribution in [0, 0.1) is 6.92 Å². The number of nitrogens with one attached hydrogen (secondary N) is 1. The Morgan fingerprint density at radius 2 is 1.78 bits per heavy atom. The second-order valence-electron chi connectivity index (χ2n) is 5.68. The van der Waals surface area contributed by atoms with Gasteiger partial charge in [-0.05, 0) is 24.6 Å². The zero-order chi connectivity index (χ0) is 16.4. The lowest BCUT2D eigenvalue weighted by Gasteiger charge is -2.10. The summed E-state index contributed by atoms with van der Waals surface area (Å²) in [5.41, 5.74) is 4.23. The van der Waals surface area contributed by atoms with Crippen molar-refractivity contribution in [1.29, 1.82) is 0 Å². The Morgan fingerprint density at radius 3 is 2.48 bits per heavy atom. The molecule has 3 rings (SSSR count). The zero-order valence-electron chi connectivity index (χ0n) is 13.2. The summed E-state index contributed by atoms with van der Waals surface area (Å²) in [6, 6.07) is 16.1. The maximum absolute atomic E-state index is 11.4. The maximum Gasteiger partial charge on any atom is 0.209 e. The first-order valence-corrected chi connectivity index (χ1v) is 9.26. The van der Waals surface area contributed by atoms with Crippen LogP contribution in [-0.4, -0.2) is 24.2 Å². The van der Waals surface area contributed by atoms with Crippen LogP contribution in [-0.2, 0) is 23.1 Å². The third kappa shape index (κ3) is 3.78. The van der Waals surface area contributed by atoms with Gasteiger partial charge in [0.05, 0.1) is 23.8 Å². The minimum Gasteiger partial charge on any atom is -0.322 e. The molecular weight excluding hydrogens is 310 g/mol. The average molecular weight is 329 g/mol. The average Bonchev–Trinajstić information content (AvgIpc) is 2.85. The van der Waals surface area contributed by atoms with Gasteiger partial charge in [-0.15, -0.1) is 0 Å². The highest BCUT2D eigenvalue weighted by Crippen LogP contribution is 2.18. The van der Waals surface area contributed by atoms with Crippen molar-refractivity contribution < 1.29 is 8.42 Å². The van der Waals surface area contributed by atoms with Gasteiger partial charge < -0.3 is 4.57 Å².